The van der Waals surface area contributed by atoms with Crippen LogP contribution >= 0.6 is 11.6 Å². The highest BCUT2D eigenvalue weighted by molar-refractivity contribution is 6.30. The third-order valence-electron chi connectivity index (χ3n) is 3.90. The molecule has 3 rings (SSSR count). The standard InChI is InChI=1S/C21H22ClN5O/c1-14-24-20(23-10-9-16-5-3-6-17(22)11-16)13-21(25-14)27-19-8-4-7-18(12-19)26-15(2)28/h3-8,11-13H,9-10H2,1-2H3,(H,26,28)(H2,23,24,25,27). The third-order valence-corrected chi connectivity index (χ3v) is 4.14. The largest absolute Gasteiger partial charge is 0.370 e. The lowest BCUT2D eigenvalue weighted by atomic mass is 10.1. The van der Waals surface area contributed by atoms with Gasteiger partial charge in [-0.25, -0.2) is 9.97 Å². The number of benzene rings is 2. The first-order valence-corrected chi connectivity index (χ1v) is 9.34. The molecular weight excluding hydrogens is 374 g/mol. The maximum Gasteiger partial charge on any atom is 0.221 e. The van der Waals surface area contributed by atoms with Gasteiger partial charge in [0.25, 0.3) is 0 Å². The first-order chi connectivity index (χ1) is 13.5. The average molecular weight is 396 g/mol. The van der Waals surface area contributed by atoms with E-state index in [2.05, 4.69) is 25.9 Å². The molecule has 28 heavy (non-hydrogen) atoms. The van der Waals surface area contributed by atoms with Crippen molar-refractivity contribution in [3.05, 3.63) is 71.0 Å². The van der Waals surface area contributed by atoms with Crippen LogP contribution in [0.25, 0.3) is 0 Å². The van der Waals surface area contributed by atoms with Crippen LogP contribution in [0.4, 0.5) is 23.0 Å². The van der Waals surface area contributed by atoms with Crippen LogP contribution < -0.4 is 16.0 Å². The second-order valence-electron chi connectivity index (χ2n) is 6.38. The van der Waals surface area contributed by atoms with E-state index in [1.165, 1.54) is 12.5 Å². The summed E-state index contributed by atoms with van der Waals surface area (Å²) >= 11 is 6.03. The van der Waals surface area contributed by atoms with E-state index in [4.69, 9.17) is 11.6 Å². The van der Waals surface area contributed by atoms with Crippen molar-refractivity contribution in [3.63, 3.8) is 0 Å². The predicted molar refractivity (Wildman–Crippen MR) is 114 cm³/mol. The zero-order valence-electron chi connectivity index (χ0n) is 15.8. The molecule has 0 fully saturated rings. The molecule has 6 nitrogen and oxygen atoms in total. The number of anilines is 4. The van der Waals surface area contributed by atoms with Crippen molar-refractivity contribution in [2.24, 2.45) is 0 Å². The Morgan fingerprint density at radius 3 is 2.54 bits per heavy atom. The van der Waals surface area contributed by atoms with E-state index in [1.54, 1.807) is 0 Å². The predicted octanol–water partition coefficient (Wildman–Crippen LogP) is 4.80. The van der Waals surface area contributed by atoms with E-state index < -0.39 is 0 Å². The number of hydrogen-bond donors (Lipinski definition) is 3. The summed E-state index contributed by atoms with van der Waals surface area (Å²) in [6, 6.07) is 17.1. The molecular formula is C21H22ClN5O. The van der Waals surface area contributed by atoms with Gasteiger partial charge < -0.3 is 16.0 Å². The monoisotopic (exact) mass is 395 g/mol. The Morgan fingerprint density at radius 1 is 1.00 bits per heavy atom. The molecule has 0 saturated heterocycles. The highest BCUT2D eigenvalue weighted by atomic mass is 35.5. The topological polar surface area (TPSA) is 78.9 Å². The van der Waals surface area contributed by atoms with Gasteiger partial charge >= 0.3 is 0 Å². The summed E-state index contributed by atoms with van der Waals surface area (Å²) < 4.78 is 0. The molecule has 0 aliphatic heterocycles. The highest BCUT2D eigenvalue weighted by Crippen LogP contribution is 2.21. The van der Waals surface area contributed by atoms with E-state index in [0.29, 0.717) is 11.6 Å². The van der Waals surface area contributed by atoms with Crippen molar-refractivity contribution in [3.8, 4) is 0 Å². The summed E-state index contributed by atoms with van der Waals surface area (Å²) in [4.78, 5) is 20.1. The minimum Gasteiger partial charge on any atom is -0.370 e. The molecule has 1 aromatic heterocycles. The second kappa shape index (κ2) is 9.19. The normalized spacial score (nSPS) is 10.4. The second-order valence-corrected chi connectivity index (χ2v) is 6.82. The first kappa shape index (κ1) is 19.6. The van der Waals surface area contributed by atoms with Crippen molar-refractivity contribution < 1.29 is 4.79 Å². The lowest BCUT2D eigenvalue weighted by molar-refractivity contribution is -0.114. The van der Waals surface area contributed by atoms with Crippen LogP contribution in [0, 0.1) is 6.92 Å². The maximum absolute atomic E-state index is 11.2. The molecule has 0 aliphatic carbocycles. The Kier molecular flexibility index (Phi) is 6.45. The summed E-state index contributed by atoms with van der Waals surface area (Å²) in [6.45, 7) is 4.06. The number of rotatable bonds is 7. The number of amides is 1. The van der Waals surface area contributed by atoms with Crippen LogP contribution in [0.1, 0.15) is 18.3 Å². The van der Waals surface area contributed by atoms with E-state index in [-0.39, 0.29) is 5.91 Å². The van der Waals surface area contributed by atoms with Gasteiger partial charge in [0.1, 0.15) is 17.5 Å². The lowest BCUT2D eigenvalue weighted by Gasteiger charge is -2.11. The number of halogens is 1. The molecule has 0 bridgehead atoms. The number of aryl methyl sites for hydroxylation is 1. The fourth-order valence-electron chi connectivity index (χ4n) is 2.78. The van der Waals surface area contributed by atoms with Gasteiger partial charge in [-0.05, 0) is 49.2 Å². The molecule has 1 heterocycles. The number of nitrogens with one attached hydrogen (secondary N) is 3. The Hall–Kier alpha value is -3.12. The fourth-order valence-corrected chi connectivity index (χ4v) is 2.99. The third kappa shape index (κ3) is 5.96. The zero-order valence-corrected chi connectivity index (χ0v) is 16.5. The highest BCUT2D eigenvalue weighted by Gasteiger charge is 2.04. The van der Waals surface area contributed by atoms with Gasteiger partial charge in [-0.1, -0.05) is 29.8 Å². The molecule has 3 aromatic rings. The maximum atomic E-state index is 11.2. The lowest BCUT2D eigenvalue weighted by Crippen LogP contribution is -2.08. The molecule has 0 aliphatic rings. The first-order valence-electron chi connectivity index (χ1n) is 8.96. The van der Waals surface area contributed by atoms with E-state index in [0.717, 1.165) is 35.2 Å². The Bertz CT molecular complexity index is 977. The quantitative estimate of drug-likeness (QED) is 0.535. The van der Waals surface area contributed by atoms with Gasteiger partial charge in [0.15, 0.2) is 0 Å². The molecule has 3 N–H and O–H groups in total. The van der Waals surface area contributed by atoms with Crippen molar-refractivity contribution in [2.45, 2.75) is 20.3 Å². The minimum absolute atomic E-state index is 0.110. The van der Waals surface area contributed by atoms with Gasteiger partial charge in [0.2, 0.25) is 5.91 Å². The summed E-state index contributed by atoms with van der Waals surface area (Å²) in [6.07, 6.45) is 0.838. The average Bonchev–Trinajstić information content (AvgIpc) is 2.61. The summed E-state index contributed by atoms with van der Waals surface area (Å²) in [7, 11) is 0. The summed E-state index contributed by atoms with van der Waals surface area (Å²) in [5.74, 6) is 1.97. The Labute approximate surface area is 169 Å². The molecule has 144 valence electrons. The molecule has 0 unspecified atom stereocenters. The van der Waals surface area contributed by atoms with Crippen LogP contribution in [-0.2, 0) is 11.2 Å². The number of carbonyl (C=O) groups excluding carboxylic acids is 1. The van der Waals surface area contributed by atoms with Gasteiger partial charge in [-0.2, -0.15) is 0 Å². The fraction of sp³-hybridized carbons (Fsp3) is 0.190. The van der Waals surface area contributed by atoms with Crippen LogP contribution in [0.3, 0.4) is 0 Å². The smallest absolute Gasteiger partial charge is 0.221 e. The van der Waals surface area contributed by atoms with Crippen LogP contribution in [0.2, 0.25) is 5.02 Å². The number of carbonyl (C=O) groups is 1. The molecule has 0 atom stereocenters. The van der Waals surface area contributed by atoms with Gasteiger partial charge in [0, 0.05) is 35.9 Å². The van der Waals surface area contributed by atoms with Crippen molar-refractivity contribution in [2.75, 3.05) is 22.5 Å². The SMILES string of the molecule is CC(=O)Nc1cccc(Nc2cc(NCCc3cccc(Cl)c3)nc(C)n2)c1. The van der Waals surface area contributed by atoms with Crippen molar-refractivity contribution in [1.82, 2.24) is 9.97 Å². The zero-order chi connectivity index (χ0) is 19.9. The van der Waals surface area contributed by atoms with Gasteiger partial charge in [-0.3, -0.25) is 4.79 Å². The minimum atomic E-state index is -0.110. The molecule has 2 aromatic carbocycles. The van der Waals surface area contributed by atoms with Crippen LogP contribution in [0.15, 0.2) is 54.6 Å². The number of nitrogens with zero attached hydrogens (tertiary/aromatic N) is 2. The molecule has 1 amide bonds. The number of hydrogen-bond acceptors (Lipinski definition) is 5. The van der Waals surface area contributed by atoms with E-state index in [9.17, 15) is 4.79 Å². The summed E-state index contributed by atoms with van der Waals surface area (Å²) in [5.41, 5.74) is 2.72. The van der Waals surface area contributed by atoms with E-state index in [1.807, 2.05) is 61.5 Å². The van der Waals surface area contributed by atoms with Gasteiger partial charge in [-0.15, -0.1) is 0 Å². The van der Waals surface area contributed by atoms with Crippen molar-refractivity contribution in [1.29, 1.82) is 0 Å². The van der Waals surface area contributed by atoms with Crippen LogP contribution in [0.5, 0.6) is 0 Å². The molecule has 7 heteroatoms. The Balaban J connectivity index is 1.65. The van der Waals surface area contributed by atoms with E-state index >= 15 is 0 Å². The molecule has 0 spiro atoms. The van der Waals surface area contributed by atoms with Crippen molar-refractivity contribution >= 4 is 40.5 Å². The molecule has 0 saturated carbocycles. The van der Waals surface area contributed by atoms with Gasteiger partial charge in [0.05, 0.1) is 0 Å². The molecule has 0 radical (unpaired) electrons. The summed E-state index contributed by atoms with van der Waals surface area (Å²) in [5, 5.41) is 10.1. The Morgan fingerprint density at radius 2 is 1.75 bits per heavy atom. The van der Waals surface area contributed by atoms with Crippen LogP contribution in [-0.4, -0.2) is 22.4 Å². The number of aromatic nitrogens is 2.